The predicted octanol–water partition coefficient (Wildman–Crippen LogP) is 3.53. The summed E-state index contributed by atoms with van der Waals surface area (Å²) >= 11 is 0. The zero-order chi connectivity index (χ0) is 13.0. The van der Waals surface area contributed by atoms with Crippen molar-refractivity contribution in [2.24, 2.45) is 5.73 Å². The van der Waals surface area contributed by atoms with Gasteiger partial charge >= 0.3 is 0 Å². The zero-order valence-electron chi connectivity index (χ0n) is 10.3. The van der Waals surface area contributed by atoms with Gasteiger partial charge < -0.3 is 5.73 Å². The van der Waals surface area contributed by atoms with Crippen LogP contribution in [0.15, 0.2) is 54.6 Å². The van der Waals surface area contributed by atoms with Crippen molar-refractivity contribution in [1.82, 2.24) is 0 Å². The van der Waals surface area contributed by atoms with Crippen LogP contribution in [0, 0.1) is 0 Å². The number of carbonyl (C=O) groups is 1. The van der Waals surface area contributed by atoms with E-state index in [0.29, 0.717) is 5.56 Å². The SMILES string of the molecule is C/C=C\C=C/c1ccc(C(N)=O)c2ccccc12. The average Bonchev–Trinajstić information content (AvgIpc) is 2.38. The largest absolute Gasteiger partial charge is 0.366 e. The van der Waals surface area contributed by atoms with E-state index in [1.54, 1.807) is 6.07 Å². The van der Waals surface area contributed by atoms with Crippen molar-refractivity contribution in [2.45, 2.75) is 6.92 Å². The van der Waals surface area contributed by atoms with Crippen LogP contribution in [0.2, 0.25) is 0 Å². The van der Waals surface area contributed by atoms with Gasteiger partial charge in [0.2, 0.25) is 5.91 Å². The number of benzene rings is 2. The molecular weight excluding hydrogens is 222 g/mol. The van der Waals surface area contributed by atoms with Crippen molar-refractivity contribution in [3.63, 3.8) is 0 Å². The second kappa shape index (κ2) is 5.32. The number of allylic oxidation sites excluding steroid dienone is 3. The van der Waals surface area contributed by atoms with E-state index in [-0.39, 0.29) is 0 Å². The minimum Gasteiger partial charge on any atom is -0.366 e. The highest BCUT2D eigenvalue weighted by Crippen LogP contribution is 2.23. The molecule has 2 nitrogen and oxygen atoms in total. The van der Waals surface area contributed by atoms with E-state index in [1.165, 1.54) is 0 Å². The molecule has 0 heterocycles. The maximum absolute atomic E-state index is 11.4. The van der Waals surface area contributed by atoms with Crippen LogP contribution in [0.5, 0.6) is 0 Å². The first-order valence-electron chi connectivity index (χ1n) is 5.85. The number of nitrogens with two attached hydrogens (primary N) is 1. The second-order valence-corrected chi connectivity index (χ2v) is 4.00. The molecule has 2 N–H and O–H groups in total. The molecule has 0 aromatic heterocycles. The van der Waals surface area contributed by atoms with Gasteiger partial charge in [-0.3, -0.25) is 4.79 Å². The molecule has 0 aliphatic carbocycles. The van der Waals surface area contributed by atoms with Crippen LogP contribution >= 0.6 is 0 Å². The fourth-order valence-electron chi connectivity index (χ4n) is 1.95. The minimum absolute atomic E-state index is 0.393. The van der Waals surface area contributed by atoms with Crippen LogP contribution in [-0.2, 0) is 0 Å². The number of hydrogen-bond donors (Lipinski definition) is 1. The van der Waals surface area contributed by atoms with Crippen LogP contribution in [0.25, 0.3) is 16.8 Å². The lowest BCUT2D eigenvalue weighted by Gasteiger charge is -2.06. The van der Waals surface area contributed by atoms with E-state index in [4.69, 9.17) is 5.73 Å². The summed E-state index contributed by atoms with van der Waals surface area (Å²) < 4.78 is 0. The topological polar surface area (TPSA) is 43.1 Å². The Balaban J connectivity index is 2.64. The van der Waals surface area contributed by atoms with E-state index >= 15 is 0 Å². The Bertz CT molecular complexity index is 639. The number of carbonyl (C=O) groups excluding carboxylic acids is 1. The van der Waals surface area contributed by atoms with Crippen molar-refractivity contribution >= 4 is 22.8 Å². The fourth-order valence-corrected chi connectivity index (χ4v) is 1.95. The molecule has 0 unspecified atom stereocenters. The highest BCUT2D eigenvalue weighted by molar-refractivity contribution is 6.08. The third-order valence-electron chi connectivity index (χ3n) is 2.80. The molecule has 0 aliphatic heterocycles. The van der Waals surface area contributed by atoms with Crippen LogP contribution in [0.3, 0.4) is 0 Å². The highest BCUT2D eigenvalue weighted by Gasteiger charge is 2.07. The van der Waals surface area contributed by atoms with Crippen molar-refractivity contribution in [1.29, 1.82) is 0 Å². The second-order valence-electron chi connectivity index (χ2n) is 4.00. The van der Waals surface area contributed by atoms with E-state index in [9.17, 15) is 4.79 Å². The third-order valence-corrected chi connectivity index (χ3v) is 2.80. The molecule has 0 radical (unpaired) electrons. The first kappa shape index (κ1) is 12.1. The summed E-state index contributed by atoms with van der Waals surface area (Å²) in [5, 5.41) is 1.93. The van der Waals surface area contributed by atoms with Gasteiger partial charge in [0.1, 0.15) is 0 Å². The van der Waals surface area contributed by atoms with Gasteiger partial charge in [0.25, 0.3) is 0 Å². The Morgan fingerprint density at radius 3 is 2.44 bits per heavy atom. The lowest BCUT2D eigenvalue weighted by Crippen LogP contribution is -2.11. The van der Waals surface area contributed by atoms with Crippen molar-refractivity contribution in [3.8, 4) is 0 Å². The normalized spacial score (nSPS) is 11.6. The summed E-state index contributed by atoms with van der Waals surface area (Å²) in [4.78, 5) is 11.4. The lowest BCUT2D eigenvalue weighted by atomic mass is 9.99. The van der Waals surface area contributed by atoms with Gasteiger partial charge in [0.05, 0.1) is 0 Å². The summed E-state index contributed by atoms with van der Waals surface area (Å²) in [7, 11) is 0. The molecule has 2 aromatic rings. The molecule has 0 bridgehead atoms. The highest BCUT2D eigenvalue weighted by atomic mass is 16.1. The van der Waals surface area contributed by atoms with Crippen LogP contribution in [0.4, 0.5) is 0 Å². The predicted molar refractivity (Wildman–Crippen MR) is 76.3 cm³/mol. The van der Waals surface area contributed by atoms with Gasteiger partial charge in [0.15, 0.2) is 0 Å². The van der Waals surface area contributed by atoms with Crippen LogP contribution in [0.1, 0.15) is 22.8 Å². The molecule has 1 amide bonds. The number of rotatable bonds is 3. The Morgan fingerprint density at radius 1 is 1.06 bits per heavy atom. The Labute approximate surface area is 106 Å². The quantitative estimate of drug-likeness (QED) is 0.815. The van der Waals surface area contributed by atoms with Gasteiger partial charge in [-0.25, -0.2) is 0 Å². The summed E-state index contributed by atoms with van der Waals surface area (Å²) in [5.41, 5.74) is 7.02. The lowest BCUT2D eigenvalue weighted by molar-refractivity contribution is 0.100. The molecule has 0 saturated carbocycles. The molecule has 0 spiro atoms. The smallest absolute Gasteiger partial charge is 0.249 e. The molecule has 2 heteroatoms. The van der Waals surface area contributed by atoms with Gasteiger partial charge in [0, 0.05) is 5.56 Å². The maximum Gasteiger partial charge on any atom is 0.249 e. The van der Waals surface area contributed by atoms with E-state index in [0.717, 1.165) is 16.3 Å². The molecule has 0 aliphatic rings. The number of amides is 1. The number of hydrogen-bond acceptors (Lipinski definition) is 1. The van der Waals surface area contributed by atoms with Gasteiger partial charge in [-0.05, 0) is 29.3 Å². The Morgan fingerprint density at radius 2 is 1.78 bits per heavy atom. The van der Waals surface area contributed by atoms with Gasteiger partial charge in [-0.1, -0.05) is 54.6 Å². The van der Waals surface area contributed by atoms with E-state index in [1.807, 2.05) is 61.6 Å². The standard InChI is InChI=1S/C16H15NO/c1-2-3-4-7-12-10-11-15(16(17)18)14-9-6-5-8-13(12)14/h2-11H,1H3,(H2,17,18)/b3-2-,7-4-. The summed E-state index contributed by atoms with van der Waals surface area (Å²) in [6.45, 7) is 1.97. The van der Waals surface area contributed by atoms with E-state index in [2.05, 4.69) is 0 Å². The fraction of sp³-hybridized carbons (Fsp3) is 0.0625. The van der Waals surface area contributed by atoms with Crippen molar-refractivity contribution in [2.75, 3.05) is 0 Å². The molecule has 2 rings (SSSR count). The Kier molecular flexibility index (Phi) is 3.58. The van der Waals surface area contributed by atoms with Crippen LogP contribution in [-0.4, -0.2) is 5.91 Å². The summed E-state index contributed by atoms with van der Waals surface area (Å²) in [6.07, 6.45) is 7.94. The van der Waals surface area contributed by atoms with Gasteiger partial charge in [-0.15, -0.1) is 0 Å². The van der Waals surface area contributed by atoms with E-state index < -0.39 is 5.91 Å². The molecule has 2 aromatic carbocycles. The molecule has 90 valence electrons. The van der Waals surface area contributed by atoms with Gasteiger partial charge in [-0.2, -0.15) is 0 Å². The third kappa shape index (κ3) is 2.33. The Hall–Kier alpha value is -2.35. The number of fused-ring (bicyclic) bond motifs is 1. The first-order chi connectivity index (χ1) is 8.74. The van der Waals surface area contributed by atoms with Crippen LogP contribution < -0.4 is 5.73 Å². The van der Waals surface area contributed by atoms with Crippen molar-refractivity contribution in [3.05, 3.63) is 65.8 Å². The minimum atomic E-state index is -0.393. The average molecular weight is 237 g/mol. The molecular formula is C16H15NO. The van der Waals surface area contributed by atoms with Crippen molar-refractivity contribution < 1.29 is 4.79 Å². The maximum atomic E-state index is 11.4. The monoisotopic (exact) mass is 237 g/mol. The zero-order valence-corrected chi connectivity index (χ0v) is 10.3. The molecule has 0 fully saturated rings. The molecule has 0 saturated heterocycles. The molecule has 18 heavy (non-hydrogen) atoms. The first-order valence-corrected chi connectivity index (χ1v) is 5.85. The molecule has 0 atom stereocenters. The summed E-state index contributed by atoms with van der Waals surface area (Å²) in [5.74, 6) is -0.393. The summed E-state index contributed by atoms with van der Waals surface area (Å²) in [6, 6.07) is 11.5. The number of primary amides is 1.